The summed E-state index contributed by atoms with van der Waals surface area (Å²) in [7, 11) is 0.704. The van der Waals surface area contributed by atoms with E-state index in [1.54, 1.807) is 5.43 Å². The SMILES string of the molecule is COC(=O)[C@](NNc1ccc([N+](=O)[O-])cc1)(NC(=O)c1ccco1)C(F)(F)F. The van der Waals surface area contributed by atoms with Crippen LogP contribution in [0, 0.1) is 10.1 Å². The fraction of sp³-hybridized carbons (Fsp3) is 0.200. The lowest BCUT2D eigenvalue weighted by Crippen LogP contribution is -2.73. The van der Waals surface area contributed by atoms with Crippen molar-refractivity contribution in [1.29, 1.82) is 0 Å². The number of methoxy groups -OCH3 is 1. The van der Waals surface area contributed by atoms with E-state index in [0.717, 1.165) is 36.6 Å². The van der Waals surface area contributed by atoms with E-state index in [2.05, 4.69) is 10.2 Å². The van der Waals surface area contributed by atoms with Crippen LogP contribution in [0.15, 0.2) is 47.1 Å². The van der Waals surface area contributed by atoms with E-state index in [4.69, 9.17) is 4.42 Å². The Morgan fingerprint density at radius 2 is 1.82 bits per heavy atom. The number of amides is 1. The molecule has 0 saturated carbocycles. The highest BCUT2D eigenvalue weighted by Crippen LogP contribution is 2.30. The molecule has 0 aliphatic rings. The van der Waals surface area contributed by atoms with Gasteiger partial charge in [0.05, 0.1) is 18.3 Å². The normalized spacial score (nSPS) is 13.3. The van der Waals surface area contributed by atoms with Crippen LogP contribution in [0.2, 0.25) is 0 Å². The van der Waals surface area contributed by atoms with Crippen LogP contribution in [-0.2, 0) is 9.53 Å². The fourth-order valence-electron chi connectivity index (χ4n) is 2.02. The predicted octanol–water partition coefficient (Wildman–Crippen LogP) is 1.97. The van der Waals surface area contributed by atoms with Crippen LogP contribution in [-0.4, -0.2) is 35.7 Å². The zero-order valence-electron chi connectivity index (χ0n) is 14.1. The van der Waals surface area contributed by atoms with Crippen LogP contribution in [0.3, 0.4) is 0 Å². The van der Waals surface area contributed by atoms with Crippen LogP contribution in [0.25, 0.3) is 0 Å². The van der Waals surface area contributed by atoms with Gasteiger partial charge >= 0.3 is 17.8 Å². The number of hydrogen-bond acceptors (Lipinski definition) is 8. The minimum atomic E-state index is -5.35. The lowest BCUT2D eigenvalue weighted by Gasteiger charge is -2.34. The first kappa shape index (κ1) is 20.7. The second-order valence-corrected chi connectivity index (χ2v) is 5.22. The smallest absolute Gasteiger partial charge is 0.438 e. The van der Waals surface area contributed by atoms with E-state index in [9.17, 15) is 32.9 Å². The number of nitro benzene ring substituents is 1. The minimum Gasteiger partial charge on any atom is -0.466 e. The van der Waals surface area contributed by atoms with Gasteiger partial charge < -0.3 is 19.9 Å². The first-order valence-electron chi connectivity index (χ1n) is 7.39. The standard InChI is InChI=1S/C15H13F3N4O6/c1-27-13(24)14(15(16,17)18,19-12(23)11-3-2-8-28-11)21-20-9-4-6-10(7-5-9)22(25)26/h2-8,20-21H,1H3,(H,19,23)/t14-/m1/s1. The monoisotopic (exact) mass is 402 g/mol. The van der Waals surface area contributed by atoms with E-state index >= 15 is 0 Å². The number of ether oxygens (including phenoxy) is 1. The Hall–Kier alpha value is -3.61. The van der Waals surface area contributed by atoms with Gasteiger partial charge in [-0.2, -0.15) is 18.6 Å². The van der Waals surface area contributed by atoms with Crippen molar-refractivity contribution in [3.05, 3.63) is 58.5 Å². The number of halogens is 3. The van der Waals surface area contributed by atoms with Crippen molar-refractivity contribution in [2.75, 3.05) is 12.5 Å². The molecule has 10 nitrogen and oxygen atoms in total. The topological polar surface area (TPSA) is 136 Å². The highest BCUT2D eigenvalue weighted by Gasteiger charge is 2.63. The zero-order valence-corrected chi connectivity index (χ0v) is 14.1. The number of furan rings is 1. The van der Waals surface area contributed by atoms with Crippen LogP contribution >= 0.6 is 0 Å². The number of carbonyl (C=O) groups is 2. The summed E-state index contributed by atoms with van der Waals surface area (Å²) in [6.07, 6.45) is -4.29. The van der Waals surface area contributed by atoms with E-state index in [1.807, 2.05) is 0 Å². The highest BCUT2D eigenvalue weighted by atomic mass is 19.4. The predicted molar refractivity (Wildman–Crippen MR) is 86.8 cm³/mol. The lowest BCUT2D eigenvalue weighted by molar-refractivity contribution is -0.384. The molecule has 0 saturated heterocycles. The first-order valence-corrected chi connectivity index (χ1v) is 7.39. The third kappa shape index (κ3) is 4.20. The molecule has 13 heteroatoms. The summed E-state index contributed by atoms with van der Waals surface area (Å²) in [4.78, 5) is 34.0. The number of nitrogens with one attached hydrogen (secondary N) is 3. The molecule has 1 aromatic heterocycles. The molecule has 0 unspecified atom stereocenters. The number of non-ortho nitro benzene ring substituents is 1. The number of alkyl halides is 3. The highest BCUT2D eigenvalue weighted by molar-refractivity contribution is 5.96. The maximum Gasteiger partial charge on any atom is 0.438 e. The van der Waals surface area contributed by atoms with Gasteiger partial charge in [-0.15, -0.1) is 0 Å². The average Bonchev–Trinajstić information content (AvgIpc) is 3.18. The number of hydrogen-bond donors (Lipinski definition) is 3. The molecule has 0 aliphatic heterocycles. The molecule has 0 spiro atoms. The van der Waals surface area contributed by atoms with Gasteiger partial charge in [-0.1, -0.05) is 0 Å². The third-order valence-corrected chi connectivity index (χ3v) is 3.44. The van der Waals surface area contributed by atoms with Crippen molar-refractivity contribution < 1.29 is 36.8 Å². The number of nitro groups is 1. The Kier molecular flexibility index (Phi) is 5.88. The molecule has 2 rings (SSSR count). The number of hydrazine groups is 1. The van der Waals surface area contributed by atoms with Crippen LogP contribution in [0.1, 0.15) is 10.6 Å². The largest absolute Gasteiger partial charge is 0.466 e. The van der Waals surface area contributed by atoms with E-state index in [0.29, 0.717) is 7.11 Å². The third-order valence-electron chi connectivity index (χ3n) is 3.44. The van der Waals surface area contributed by atoms with E-state index in [-0.39, 0.29) is 11.4 Å². The second kappa shape index (κ2) is 7.96. The van der Waals surface area contributed by atoms with E-state index < -0.39 is 34.4 Å². The molecule has 28 heavy (non-hydrogen) atoms. The molecule has 0 aliphatic carbocycles. The van der Waals surface area contributed by atoms with Gasteiger partial charge in [-0.3, -0.25) is 14.9 Å². The van der Waals surface area contributed by atoms with Gasteiger partial charge in [-0.05, 0) is 24.3 Å². The number of anilines is 1. The Balaban J connectivity index is 2.32. The zero-order chi connectivity index (χ0) is 20.9. The van der Waals surface area contributed by atoms with Crippen molar-refractivity contribution in [3.63, 3.8) is 0 Å². The van der Waals surface area contributed by atoms with E-state index in [1.165, 1.54) is 11.4 Å². The van der Waals surface area contributed by atoms with Crippen molar-refractivity contribution in [2.24, 2.45) is 0 Å². The number of carbonyl (C=O) groups excluding carboxylic acids is 2. The molecule has 1 atom stereocenters. The van der Waals surface area contributed by atoms with Crippen molar-refractivity contribution in [3.8, 4) is 0 Å². The number of nitrogens with zero attached hydrogens (tertiary/aromatic N) is 1. The number of benzene rings is 1. The second-order valence-electron chi connectivity index (χ2n) is 5.22. The van der Waals surface area contributed by atoms with Crippen molar-refractivity contribution in [1.82, 2.24) is 10.7 Å². The Morgan fingerprint density at radius 3 is 2.29 bits per heavy atom. The molecule has 2 aromatic rings. The van der Waals surface area contributed by atoms with Crippen LogP contribution in [0.5, 0.6) is 0 Å². The molecule has 1 amide bonds. The Bertz CT molecular complexity index is 854. The summed E-state index contributed by atoms with van der Waals surface area (Å²) in [5.41, 5.74) is -0.272. The molecular weight excluding hydrogens is 389 g/mol. The molecule has 0 bridgehead atoms. The number of esters is 1. The van der Waals surface area contributed by atoms with Crippen LogP contribution < -0.4 is 16.2 Å². The molecule has 0 radical (unpaired) electrons. The summed E-state index contributed by atoms with van der Waals surface area (Å²) in [5.74, 6) is -3.69. The van der Waals surface area contributed by atoms with Gasteiger partial charge in [0.25, 0.3) is 11.6 Å². The summed E-state index contributed by atoms with van der Waals surface area (Å²) in [6, 6.07) is 6.61. The van der Waals surface area contributed by atoms with Gasteiger partial charge in [0.1, 0.15) is 0 Å². The summed E-state index contributed by atoms with van der Waals surface area (Å²) in [5, 5.41) is 12.1. The van der Waals surface area contributed by atoms with Crippen molar-refractivity contribution >= 4 is 23.3 Å². The van der Waals surface area contributed by atoms with Gasteiger partial charge in [-0.25, -0.2) is 4.79 Å². The maximum absolute atomic E-state index is 13.7. The summed E-state index contributed by atoms with van der Waals surface area (Å²) >= 11 is 0. The Labute approximate surface area is 154 Å². The van der Waals surface area contributed by atoms with Crippen molar-refractivity contribution in [2.45, 2.75) is 11.8 Å². The Morgan fingerprint density at radius 1 is 1.18 bits per heavy atom. The summed E-state index contributed by atoms with van der Waals surface area (Å²) in [6.45, 7) is 0. The van der Waals surface area contributed by atoms with Crippen LogP contribution in [0.4, 0.5) is 24.5 Å². The summed E-state index contributed by atoms with van der Waals surface area (Å²) < 4.78 is 50.2. The molecule has 1 heterocycles. The first-order chi connectivity index (χ1) is 13.1. The minimum absolute atomic E-state index is 0.0598. The molecule has 0 fully saturated rings. The van der Waals surface area contributed by atoms with Gasteiger partial charge in [0, 0.05) is 17.8 Å². The molecule has 150 valence electrons. The quantitative estimate of drug-likeness (QED) is 0.277. The molecule has 1 aromatic carbocycles. The molecule has 3 N–H and O–H groups in total. The maximum atomic E-state index is 13.7. The molecular formula is C15H13F3N4O6. The average molecular weight is 402 g/mol. The van der Waals surface area contributed by atoms with Gasteiger partial charge in [0.15, 0.2) is 5.76 Å². The fourth-order valence-corrected chi connectivity index (χ4v) is 2.02. The lowest BCUT2D eigenvalue weighted by atomic mass is 10.1. The number of rotatable bonds is 7. The van der Waals surface area contributed by atoms with Gasteiger partial charge in [0.2, 0.25) is 0 Å².